The number of carbonyl (C=O) groups excluding carboxylic acids is 1. The van der Waals surface area contributed by atoms with Gasteiger partial charge in [0.15, 0.2) is 0 Å². The number of nitrogens with zero attached hydrogens (tertiary/aromatic N) is 1. The number of piperidine rings is 1. The minimum atomic E-state index is -0.247. The highest BCUT2D eigenvalue weighted by molar-refractivity contribution is 5.71. The Balaban J connectivity index is 2.17. The molecule has 1 aliphatic heterocycles. The van der Waals surface area contributed by atoms with E-state index in [-0.39, 0.29) is 17.5 Å². The smallest absolute Gasteiger partial charge is 0.345 e. The van der Waals surface area contributed by atoms with Crippen LogP contribution in [-0.2, 0) is 19.3 Å². The molecular weight excluding hydrogens is 234 g/mol. The molecule has 5 nitrogen and oxygen atoms in total. The lowest BCUT2D eigenvalue weighted by Crippen LogP contribution is -2.39. The first-order valence-electron chi connectivity index (χ1n) is 6.53. The van der Waals surface area contributed by atoms with Gasteiger partial charge in [-0.15, -0.1) is 0 Å². The fourth-order valence-electron chi connectivity index (χ4n) is 2.02. The van der Waals surface area contributed by atoms with Crippen LogP contribution in [0.5, 0.6) is 0 Å². The summed E-state index contributed by atoms with van der Waals surface area (Å²) in [4.78, 5) is 22.7. The lowest BCUT2D eigenvalue weighted by molar-refractivity contribution is -0.260. The van der Waals surface area contributed by atoms with Crippen LogP contribution in [0.3, 0.4) is 0 Å². The minimum absolute atomic E-state index is 0.0234. The second-order valence-electron chi connectivity index (χ2n) is 5.65. The lowest BCUT2D eigenvalue weighted by Gasteiger charge is -2.31. The molecule has 1 rings (SSSR count). The van der Waals surface area contributed by atoms with E-state index in [4.69, 9.17) is 4.74 Å². The molecule has 0 aromatic carbocycles. The van der Waals surface area contributed by atoms with Crippen LogP contribution in [0.25, 0.3) is 0 Å². The predicted molar refractivity (Wildman–Crippen MR) is 68.0 cm³/mol. The van der Waals surface area contributed by atoms with E-state index in [1.165, 1.54) is 7.11 Å². The van der Waals surface area contributed by atoms with Gasteiger partial charge in [0.05, 0.1) is 25.2 Å². The third kappa shape index (κ3) is 5.80. The number of hydrogen-bond donors (Lipinski definition) is 0. The highest BCUT2D eigenvalue weighted by Crippen LogP contribution is 2.18. The van der Waals surface area contributed by atoms with E-state index in [1.54, 1.807) is 0 Å². The van der Waals surface area contributed by atoms with E-state index in [2.05, 4.69) is 35.4 Å². The number of hydrogen-bond acceptors (Lipinski definition) is 5. The maximum Gasteiger partial charge on any atom is 0.345 e. The van der Waals surface area contributed by atoms with Gasteiger partial charge < -0.3 is 9.64 Å². The Morgan fingerprint density at radius 1 is 1.28 bits per heavy atom. The van der Waals surface area contributed by atoms with E-state index in [9.17, 15) is 4.79 Å². The highest BCUT2D eigenvalue weighted by atomic mass is 17.2. The normalized spacial score (nSPS) is 18.9. The highest BCUT2D eigenvalue weighted by Gasteiger charge is 2.26. The maximum absolute atomic E-state index is 11.5. The monoisotopic (exact) mass is 259 g/mol. The van der Waals surface area contributed by atoms with Crippen molar-refractivity contribution >= 4 is 5.97 Å². The van der Waals surface area contributed by atoms with Crippen LogP contribution >= 0.6 is 0 Å². The van der Waals surface area contributed by atoms with Crippen LogP contribution in [-0.4, -0.2) is 49.8 Å². The summed E-state index contributed by atoms with van der Waals surface area (Å²) in [5.74, 6) is -0.271. The molecule has 0 aromatic heterocycles. The van der Waals surface area contributed by atoms with Crippen LogP contribution in [0.2, 0.25) is 0 Å². The Morgan fingerprint density at radius 2 is 1.89 bits per heavy atom. The molecule has 1 aliphatic rings. The molecule has 0 bridgehead atoms. The summed E-state index contributed by atoms with van der Waals surface area (Å²) < 4.78 is 5.69. The van der Waals surface area contributed by atoms with Gasteiger partial charge in [-0.3, -0.25) is 4.89 Å². The first kappa shape index (κ1) is 15.4. The van der Waals surface area contributed by atoms with Crippen LogP contribution in [0, 0.1) is 5.92 Å². The van der Waals surface area contributed by atoms with E-state index in [0.717, 1.165) is 39.1 Å². The molecule has 0 spiro atoms. The molecule has 1 saturated heterocycles. The zero-order valence-corrected chi connectivity index (χ0v) is 11.9. The molecule has 0 amide bonds. The number of likely N-dealkylation sites (tertiary alicyclic amines) is 1. The predicted octanol–water partition coefficient (Wildman–Crippen LogP) is 1.62. The molecule has 1 fully saturated rings. The van der Waals surface area contributed by atoms with Crippen molar-refractivity contribution in [1.82, 2.24) is 4.90 Å². The van der Waals surface area contributed by atoms with Gasteiger partial charge in [-0.05, 0) is 46.7 Å². The summed E-state index contributed by atoms with van der Waals surface area (Å²) in [5, 5.41) is 0. The van der Waals surface area contributed by atoms with Gasteiger partial charge in [-0.1, -0.05) is 0 Å². The Bertz CT molecular complexity index is 254. The zero-order chi connectivity index (χ0) is 13.6. The number of ether oxygens (including phenoxy) is 1. The largest absolute Gasteiger partial charge is 0.375 e. The van der Waals surface area contributed by atoms with E-state index < -0.39 is 0 Å². The van der Waals surface area contributed by atoms with Crippen LogP contribution in [0.15, 0.2) is 0 Å². The molecule has 1 heterocycles. The van der Waals surface area contributed by atoms with Crippen molar-refractivity contribution in [3.8, 4) is 0 Å². The van der Waals surface area contributed by atoms with Gasteiger partial charge in [0.25, 0.3) is 0 Å². The second kappa shape index (κ2) is 7.07. The molecule has 106 valence electrons. The molecule has 0 aromatic rings. The van der Waals surface area contributed by atoms with Crippen molar-refractivity contribution in [2.75, 3.05) is 33.4 Å². The van der Waals surface area contributed by atoms with Gasteiger partial charge in [0.2, 0.25) is 0 Å². The first-order chi connectivity index (χ1) is 8.42. The summed E-state index contributed by atoms with van der Waals surface area (Å²) >= 11 is 0. The molecule has 0 aliphatic carbocycles. The summed E-state index contributed by atoms with van der Waals surface area (Å²) in [6.07, 6.45) is 1.66. The zero-order valence-electron chi connectivity index (χ0n) is 11.9. The second-order valence-corrected chi connectivity index (χ2v) is 5.65. The van der Waals surface area contributed by atoms with Gasteiger partial charge >= 0.3 is 5.97 Å². The molecule has 0 saturated carbocycles. The molecule has 0 N–H and O–H groups in total. The molecule has 5 heteroatoms. The van der Waals surface area contributed by atoms with Crippen LogP contribution < -0.4 is 0 Å². The van der Waals surface area contributed by atoms with E-state index in [0.29, 0.717) is 0 Å². The standard InChI is InChI=1S/C13H25NO4/c1-13(2,3)17-10-9-14-7-5-11(6-8-14)12(15)18-16-4/h11H,5-10H2,1-4H3. The maximum atomic E-state index is 11.5. The number of carbonyl (C=O) groups is 1. The minimum Gasteiger partial charge on any atom is -0.375 e. The average molecular weight is 259 g/mol. The van der Waals surface area contributed by atoms with Crippen molar-refractivity contribution in [3.63, 3.8) is 0 Å². The van der Waals surface area contributed by atoms with Crippen molar-refractivity contribution < 1.29 is 19.3 Å². The molecule has 0 atom stereocenters. The van der Waals surface area contributed by atoms with Gasteiger partial charge in [-0.25, -0.2) is 4.79 Å². The van der Waals surface area contributed by atoms with Gasteiger partial charge in [0.1, 0.15) is 0 Å². The summed E-state index contributed by atoms with van der Waals surface area (Å²) in [5.41, 5.74) is -0.0827. The third-order valence-corrected chi connectivity index (χ3v) is 3.03. The average Bonchev–Trinajstić information content (AvgIpc) is 2.28. The summed E-state index contributed by atoms with van der Waals surface area (Å²) in [6, 6.07) is 0. The van der Waals surface area contributed by atoms with Crippen LogP contribution in [0.4, 0.5) is 0 Å². The SMILES string of the molecule is COOC(=O)C1CCN(CCOC(C)(C)C)CC1. The van der Waals surface area contributed by atoms with E-state index in [1.807, 2.05) is 0 Å². The Hall–Kier alpha value is -0.650. The number of rotatable bonds is 5. The first-order valence-corrected chi connectivity index (χ1v) is 6.53. The summed E-state index contributed by atoms with van der Waals surface area (Å²) in [6.45, 7) is 9.65. The molecular formula is C13H25NO4. The topological polar surface area (TPSA) is 48.0 Å². The fourth-order valence-corrected chi connectivity index (χ4v) is 2.02. The van der Waals surface area contributed by atoms with Gasteiger partial charge in [0, 0.05) is 6.54 Å². The third-order valence-electron chi connectivity index (χ3n) is 3.03. The summed E-state index contributed by atoms with van der Waals surface area (Å²) in [7, 11) is 1.36. The lowest BCUT2D eigenvalue weighted by atomic mass is 9.97. The molecule has 18 heavy (non-hydrogen) atoms. The molecule has 0 unspecified atom stereocenters. The Morgan fingerprint density at radius 3 is 2.39 bits per heavy atom. The van der Waals surface area contributed by atoms with Crippen molar-refractivity contribution in [2.24, 2.45) is 5.92 Å². The Labute approximate surface area is 109 Å². The van der Waals surface area contributed by atoms with Gasteiger partial charge in [-0.2, -0.15) is 4.89 Å². The molecule has 0 radical (unpaired) electrons. The van der Waals surface area contributed by atoms with E-state index >= 15 is 0 Å². The van der Waals surface area contributed by atoms with Crippen LogP contribution in [0.1, 0.15) is 33.6 Å². The van der Waals surface area contributed by atoms with Crippen molar-refractivity contribution in [1.29, 1.82) is 0 Å². The van der Waals surface area contributed by atoms with Crippen molar-refractivity contribution in [2.45, 2.75) is 39.2 Å². The Kier molecular flexibility index (Phi) is 6.05. The van der Waals surface area contributed by atoms with Crippen molar-refractivity contribution in [3.05, 3.63) is 0 Å². The fraction of sp³-hybridized carbons (Fsp3) is 0.923. The quantitative estimate of drug-likeness (QED) is 0.554.